The Morgan fingerprint density at radius 1 is 1.00 bits per heavy atom. The van der Waals surface area contributed by atoms with Crippen LogP contribution >= 0.6 is 0 Å². The maximum absolute atomic E-state index is 12.4. The Kier molecular flexibility index (Phi) is 7.50. The molecule has 1 heterocycles. The molecule has 8 heteroatoms. The van der Waals surface area contributed by atoms with Crippen molar-refractivity contribution in [1.82, 2.24) is 0 Å². The maximum Gasteiger partial charge on any atom is 0.412 e. The number of amides is 1. The molecule has 0 spiro atoms. The second-order valence-corrected chi connectivity index (χ2v) is 9.66. The number of para-hydroxylation sites is 1. The van der Waals surface area contributed by atoms with Crippen molar-refractivity contribution < 1.29 is 28.6 Å². The van der Waals surface area contributed by atoms with Crippen molar-refractivity contribution in [3.63, 3.8) is 0 Å². The Hall–Kier alpha value is -4.30. The molecule has 0 fully saturated rings. The zero-order valence-corrected chi connectivity index (χ0v) is 21.0. The van der Waals surface area contributed by atoms with E-state index in [9.17, 15) is 14.7 Å². The normalized spacial score (nSPS) is 11.4. The number of carbonyl (C=O) groups is 2. The van der Waals surface area contributed by atoms with Gasteiger partial charge < -0.3 is 24.7 Å². The molecule has 4 rings (SSSR count). The fraction of sp³-hybridized carbons (Fsp3) is 0.241. The third-order valence-electron chi connectivity index (χ3n) is 5.60. The quantitative estimate of drug-likeness (QED) is 0.265. The summed E-state index contributed by atoms with van der Waals surface area (Å²) in [6.07, 6.45) is 0.682. The summed E-state index contributed by atoms with van der Waals surface area (Å²) in [5.41, 5.74) is 10.4. The van der Waals surface area contributed by atoms with Gasteiger partial charge >= 0.3 is 12.1 Å². The number of nitrogens with two attached hydrogens (primary N) is 1. The van der Waals surface area contributed by atoms with Gasteiger partial charge in [0.05, 0.1) is 18.4 Å². The fourth-order valence-corrected chi connectivity index (χ4v) is 3.97. The molecule has 0 bridgehead atoms. The standard InChI is InChI=1S/C29H30N2O6/c1-29(2,3)37-28(34)31-24-9-5-8-21(14-26(32)33)27(24)36-17-22-16-35-25-11-10-20(13-23(22)25)19-7-4-6-18(12-19)15-30/h4-13,16H,14-15,17,30H2,1-3H3,(H,31,34)(H,32,33). The molecule has 0 aliphatic heterocycles. The summed E-state index contributed by atoms with van der Waals surface area (Å²) in [5, 5.41) is 12.9. The van der Waals surface area contributed by atoms with E-state index < -0.39 is 17.7 Å². The summed E-state index contributed by atoms with van der Waals surface area (Å²) in [4.78, 5) is 23.9. The number of fused-ring (bicyclic) bond motifs is 1. The number of rotatable bonds is 8. The van der Waals surface area contributed by atoms with Crippen LogP contribution in [0.2, 0.25) is 0 Å². The highest BCUT2D eigenvalue weighted by molar-refractivity contribution is 5.88. The van der Waals surface area contributed by atoms with Gasteiger partial charge in [-0.1, -0.05) is 36.4 Å². The van der Waals surface area contributed by atoms with Crippen LogP contribution in [0, 0.1) is 0 Å². The second kappa shape index (κ2) is 10.8. The predicted octanol–water partition coefficient (Wildman–Crippen LogP) is 6.11. The lowest BCUT2D eigenvalue weighted by Crippen LogP contribution is -2.27. The van der Waals surface area contributed by atoms with E-state index in [0.717, 1.165) is 27.6 Å². The van der Waals surface area contributed by atoms with Gasteiger partial charge in [-0.25, -0.2) is 4.79 Å². The highest BCUT2D eigenvalue weighted by Gasteiger charge is 2.20. The molecule has 1 amide bonds. The van der Waals surface area contributed by atoms with Gasteiger partial charge in [0.15, 0.2) is 0 Å². The molecule has 0 aliphatic rings. The summed E-state index contributed by atoms with van der Waals surface area (Å²) in [6, 6.07) is 18.9. The minimum atomic E-state index is -1.02. The number of carboxylic acid groups (broad SMARTS) is 1. The topological polar surface area (TPSA) is 124 Å². The van der Waals surface area contributed by atoms with Gasteiger partial charge in [0, 0.05) is 23.1 Å². The zero-order valence-electron chi connectivity index (χ0n) is 21.0. The number of furan rings is 1. The van der Waals surface area contributed by atoms with E-state index in [4.69, 9.17) is 19.6 Å². The number of anilines is 1. The third-order valence-corrected chi connectivity index (χ3v) is 5.60. The highest BCUT2D eigenvalue weighted by Crippen LogP contribution is 2.33. The van der Waals surface area contributed by atoms with Crippen molar-refractivity contribution in [3.05, 3.63) is 83.6 Å². The Balaban J connectivity index is 1.63. The molecular formula is C29H30N2O6. The molecule has 8 nitrogen and oxygen atoms in total. The lowest BCUT2D eigenvalue weighted by Gasteiger charge is -2.21. The first-order valence-electron chi connectivity index (χ1n) is 11.9. The van der Waals surface area contributed by atoms with E-state index in [0.29, 0.717) is 23.4 Å². The number of nitrogens with one attached hydrogen (secondary N) is 1. The average molecular weight is 503 g/mol. The van der Waals surface area contributed by atoms with Gasteiger partial charge in [0.2, 0.25) is 0 Å². The van der Waals surface area contributed by atoms with E-state index in [-0.39, 0.29) is 18.8 Å². The number of carboxylic acids is 1. The third kappa shape index (κ3) is 6.48. The number of benzene rings is 3. The van der Waals surface area contributed by atoms with Crippen molar-refractivity contribution in [2.75, 3.05) is 5.32 Å². The van der Waals surface area contributed by atoms with Gasteiger partial charge in [-0.05, 0) is 61.7 Å². The Morgan fingerprint density at radius 3 is 2.49 bits per heavy atom. The lowest BCUT2D eigenvalue weighted by molar-refractivity contribution is -0.136. The van der Waals surface area contributed by atoms with Crippen molar-refractivity contribution in [2.45, 2.75) is 45.9 Å². The monoisotopic (exact) mass is 502 g/mol. The highest BCUT2D eigenvalue weighted by atomic mass is 16.6. The van der Waals surface area contributed by atoms with Crippen molar-refractivity contribution in [1.29, 1.82) is 0 Å². The van der Waals surface area contributed by atoms with Gasteiger partial charge in [-0.2, -0.15) is 0 Å². The van der Waals surface area contributed by atoms with E-state index in [1.165, 1.54) is 0 Å². The lowest BCUT2D eigenvalue weighted by atomic mass is 10.0. The number of hydrogen-bond acceptors (Lipinski definition) is 6. The summed E-state index contributed by atoms with van der Waals surface area (Å²) in [5.74, 6) is -0.755. The first kappa shape index (κ1) is 25.8. The largest absolute Gasteiger partial charge is 0.486 e. The Bertz CT molecular complexity index is 1430. The second-order valence-electron chi connectivity index (χ2n) is 9.66. The van der Waals surface area contributed by atoms with Crippen LogP contribution in [-0.4, -0.2) is 22.8 Å². The summed E-state index contributed by atoms with van der Waals surface area (Å²) >= 11 is 0. The first-order chi connectivity index (χ1) is 17.6. The Labute approximate surface area is 215 Å². The molecular weight excluding hydrogens is 472 g/mol. The number of carbonyl (C=O) groups excluding carboxylic acids is 1. The molecule has 0 aliphatic carbocycles. The first-order valence-corrected chi connectivity index (χ1v) is 11.9. The molecule has 0 saturated heterocycles. The van der Waals surface area contributed by atoms with Crippen molar-refractivity contribution >= 4 is 28.7 Å². The minimum absolute atomic E-state index is 0.0962. The van der Waals surface area contributed by atoms with Gasteiger partial charge in [0.25, 0.3) is 0 Å². The molecule has 4 N–H and O–H groups in total. The van der Waals surface area contributed by atoms with E-state index in [1.807, 2.05) is 42.5 Å². The van der Waals surface area contributed by atoms with E-state index >= 15 is 0 Å². The molecule has 3 aromatic carbocycles. The maximum atomic E-state index is 12.4. The van der Waals surface area contributed by atoms with Crippen molar-refractivity contribution in [2.24, 2.45) is 5.73 Å². The molecule has 192 valence electrons. The SMILES string of the molecule is CC(C)(C)OC(=O)Nc1cccc(CC(=O)O)c1OCc1coc2ccc(-c3cccc(CN)c3)cc12. The van der Waals surface area contributed by atoms with Crippen LogP contribution in [0.5, 0.6) is 5.75 Å². The number of aliphatic carboxylic acids is 1. The number of hydrogen-bond donors (Lipinski definition) is 3. The smallest absolute Gasteiger partial charge is 0.412 e. The van der Waals surface area contributed by atoms with Gasteiger partial charge in [0.1, 0.15) is 23.5 Å². The van der Waals surface area contributed by atoms with Crippen LogP contribution in [0.3, 0.4) is 0 Å². The predicted molar refractivity (Wildman–Crippen MR) is 142 cm³/mol. The van der Waals surface area contributed by atoms with Crippen LogP contribution < -0.4 is 15.8 Å². The van der Waals surface area contributed by atoms with Crippen LogP contribution in [0.15, 0.2) is 71.3 Å². The summed E-state index contributed by atoms with van der Waals surface area (Å²) in [7, 11) is 0. The van der Waals surface area contributed by atoms with Gasteiger partial charge in [-0.3, -0.25) is 10.1 Å². The zero-order chi connectivity index (χ0) is 26.6. The van der Waals surface area contributed by atoms with E-state index in [2.05, 4.69) is 5.32 Å². The molecule has 0 unspecified atom stereocenters. The summed E-state index contributed by atoms with van der Waals surface area (Å²) in [6.45, 7) is 5.83. The minimum Gasteiger partial charge on any atom is -0.486 e. The molecule has 1 aromatic heterocycles. The van der Waals surface area contributed by atoms with Crippen LogP contribution in [-0.2, 0) is 29.1 Å². The van der Waals surface area contributed by atoms with Gasteiger partial charge in [-0.15, -0.1) is 0 Å². The molecule has 37 heavy (non-hydrogen) atoms. The average Bonchev–Trinajstić information content (AvgIpc) is 3.24. The molecule has 0 saturated carbocycles. The Morgan fingerprint density at radius 2 is 1.76 bits per heavy atom. The van der Waals surface area contributed by atoms with Crippen LogP contribution in [0.25, 0.3) is 22.1 Å². The van der Waals surface area contributed by atoms with Crippen molar-refractivity contribution in [3.8, 4) is 16.9 Å². The fourth-order valence-electron chi connectivity index (χ4n) is 3.97. The van der Waals surface area contributed by atoms with Crippen LogP contribution in [0.1, 0.15) is 37.5 Å². The molecule has 0 atom stereocenters. The number of ether oxygens (including phenoxy) is 2. The molecule has 0 radical (unpaired) electrons. The van der Waals surface area contributed by atoms with E-state index in [1.54, 1.807) is 45.2 Å². The molecule has 4 aromatic rings. The summed E-state index contributed by atoms with van der Waals surface area (Å²) < 4.78 is 17.2. The van der Waals surface area contributed by atoms with Crippen LogP contribution in [0.4, 0.5) is 10.5 Å².